The maximum absolute atomic E-state index is 12.9. The summed E-state index contributed by atoms with van der Waals surface area (Å²) in [7, 11) is 1.60. The average Bonchev–Trinajstić information content (AvgIpc) is 3.46. The summed E-state index contributed by atoms with van der Waals surface area (Å²) >= 11 is 1.19. The molecule has 1 aromatic carbocycles. The molecule has 0 atom stereocenters. The summed E-state index contributed by atoms with van der Waals surface area (Å²) in [6, 6.07) is 9.01. The minimum Gasteiger partial charge on any atom is -0.347 e. The summed E-state index contributed by atoms with van der Waals surface area (Å²) in [5, 5.41) is 14.5. The van der Waals surface area contributed by atoms with Crippen LogP contribution in [0.1, 0.15) is 32.2 Å². The number of carbonyl (C=O) groups excluding carboxylic acids is 2. The Morgan fingerprint density at radius 1 is 1.11 bits per heavy atom. The Labute approximate surface area is 205 Å². The summed E-state index contributed by atoms with van der Waals surface area (Å²) in [6.07, 6.45) is 3.33. The molecule has 0 aliphatic rings. The minimum absolute atomic E-state index is 0.112. The molecule has 0 aliphatic heterocycles. The summed E-state index contributed by atoms with van der Waals surface area (Å²) < 4.78 is 2.82. The van der Waals surface area contributed by atoms with Gasteiger partial charge >= 0.3 is 0 Å². The van der Waals surface area contributed by atoms with Crippen LogP contribution in [0.4, 0.5) is 5.69 Å². The molecule has 0 unspecified atom stereocenters. The van der Waals surface area contributed by atoms with Crippen molar-refractivity contribution in [3.8, 4) is 10.6 Å². The van der Waals surface area contributed by atoms with Gasteiger partial charge in [-0.2, -0.15) is 10.2 Å². The van der Waals surface area contributed by atoms with E-state index in [-0.39, 0.29) is 30.5 Å². The lowest BCUT2D eigenvalue weighted by Gasteiger charge is -2.09. The third-order valence-electron chi connectivity index (χ3n) is 5.47. The maximum atomic E-state index is 12.9. The molecule has 0 saturated heterocycles. The zero-order valence-electron chi connectivity index (χ0n) is 19.8. The number of thiazole rings is 1. The fourth-order valence-electron chi connectivity index (χ4n) is 3.58. The molecule has 0 radical (unpaired) electrons. The fourth-order valence-corrected chi connectivity index (χ4v) is 4.65. The Kier molecular flexibility index (Phi) is 6.87. The Bertz CT molecular complexity index is 1450. The van der Waals surface area contributed by atoms with E-state index in [0.29, 0.717) is 26.8 Å². The van der Waals surface area contributed by atoms with Gasteiger partial charge in [-0.25, -0.2) is 9.67 Å². The van der Waals surface area contributed by atoms with E-state index >= 15 is 0 Å². The van der Waals surface area contributed by atoms with E-state index in [1.54, 1.807) is 44.6 Å². The van der Waals surface area contributed by atoms with Gasteiger partial charge in [-0.1, -0.05) is 12.1 Å². The van der Waals surface area contributed by atoms with Crippen LogP contribution >= 0.6 is 11.3 Å². The van der Waals surface area contributed by atoms with Gasteiger partial charge < -0.3 is 10.6 Å². The molecule has 4 rings (SSSR count). The monoisotopic (exact) mass is 491 g/mol. The van der Waals surface area contributed by atoms with Crippen LogP contribution in [0.3, 0.4) is 0 Å². The first kappa shape index (κ1) is 24.0. The second-order valence-electron chi connectivity index (χ2n) is 8.08. The molecule has 0 fully saturated rings. The number of nitrogens with one attached hydrogen (secondary N) is 2. The highest BCUT2D eigenvalue weighted by molar-refractivity contribution is 7.17. The predicted octanol–water partition coefficient (Wildman–Crippen LogP) is 2.59. The third kappa shape index (κ3) is 5.35. The molecular formula is C24H25N7O3S. The molecule has 180 valence electrons. The largest absolute Gasteiger partial charge is 0.347 e. The molecule has 0 spiro atoms. The summed E-state index contributed by atoms with van der Waals surface area (Å²) in [5.74, 6) is -0.477. The molecule has 0 aliphatic carbocycles. The van der Waals surface area contributed by atoms with E-state index in [0.717, 1.165) is 16.8 Å². The van der Waals surface area contributed by atoms with E-state index in [2.05, 4.69) is 25.8 Å². The number of hydrogen-bond donors (Lipinski definition) is 2. The van der Waals surface area contributed by atoms with Crippen molar-refractivity contribution in [1.82, 2.24) is 29.9 Å². The highest BCUT2D eigenvalue weighted by Gasteiger charge is 2.21. The van der Waals surface area contributed by atoms with Crippen molar-refractivity contribution in [2.24, 2.45) is 7.05 Å². The SMILES string of the molecule is Cc1nc(-c2c(C)c(C)nn(C)c2=O)sc1C(=O)NCc1cccc(NC(=O)Cn2cccn2)c1. The van der Waals surface area contributed by atoms with Gasteiger partial charge in [-0.15, -0.1) is 11.3 Å². The molecule has 11 heteroatoms. The highest BCUT2D eigenvalue weighted by Crippen LogP contribution is 2.28. The van der Waals surface area contributed by atoms with Gasteiger partial charge in [0.05, 0.1) is 17.0 Å². The summed E-state index contributed by atoms with van der Waals surface area (Å²) in [4.78, 5) is 42.7. The van der Waals surface area contributed by atoms with Crippen molar-refractivity contribution in [2.75, 3.05) is 5.32 Å². The van der Waals surface area contributed by atoms with Crippen molar-refractivity contribution >= 4 is 28.8 Å². The van der Waals surface area contributed by atoms with E-state index in [1.807, 2.05) is 26.0 Å². The minimum atomic E-state index is -0.278. The molecule has 3 aromatic heterocycles. The van der Waals surface area contributed by atoms with E-state index in [4.69, 9.17) is 0 Å². The Morgan fingerprint density at radius 3 is 2.66 bits per heavy atom. The zero-order valence-corrected chi connectivity index (χ0v) is 20.6. The van der Waals surface area contributed by atoms with Gasteiger partial charge in [0.15, 0.2) is 0 Å². The van der Waals surface area contributed by atoms with Crippen molar-refractivity contribution in [3.05, 3.63) is 80.5 Å². The van der Waals surface area contributed by atoms with Crippen molar-refractivity contribution < 1.29 is 9.59 Å². The number of benzene rings is 1. The number of aromatic nitrogens is 5. The number of aryl methyl sites for hydroxylation is 3. The average molecular weight is 492 g/mol. The number of carbonyl (C=O) groups is 2. The standard InChI is InChI=1S/C24H25N7O3S/c1-14-15(2)29-30(4)24(34)20(14)23-27-16(3)21(35-23)22(33)25-12-17-7-5-8-18(11-17)28-19(32)13-31-10-6-9-26-31/h5-11H,12-13H2,1-4H3,(H,25,33)(H,28,32). The first-order valence-electron chi connectivity index (χ1n) is 10.9. The van der Waals surface area contributed by atoms with E-state index in [9.17, 15) is 14.4 Å². The number of amides is 2. The number of rotatable bonds is 7. The van der Waals surface area contributed by atoms with Crippen LogP contribution in [0.15, 0.2) is 47.5 Å². The quantitative estimate of drug-likeness (QED) is 0.410. The molecule has 0 saturated carbocycles. The van der Waals surface area contributed by atoms with Crippen molar-refractivity contribution in [1.29, 1.82) is 0 Å². The number of nitrogens with zero attached hydrogens (tertiary/aromatic N) is 5. The van der Waals surface area contributed by atoms with Gasteiger partial charge in [-0.3, -0.25) is 19.1 Å². The second kappa shape index (κ2) is 10.0. The lowest BCUT2D eigenvalue weighted by molar-refractivity contribution is -0.116. The fraction of sp³-hybridized carbons (Fsp3) is 0.250. The molecule has 4 aromatic rings. The third-order valence-corrected chi connectivity index (χ3v) is 6.64. The van der Waals surface area contributed by atoms with Gasteiger partial charge in [0.2, 0.25) is 5.91 Å². The number of hydrogen-bond acceptors (Lipinski definition) is 7. The van der Waals surface area contributed by atoms with Gasteiger partial charge in [0, 0.05) is 31.7 Å². The number of anilines is 1. The van der Waals surface area contributed by atoms with Crippen LogP contribution in [0.5, 0.6) is 0 Å². The van der Waals surface area contributed by atoms with Crippen LogP contribution in [-0.4, -0.2) is 36.4 Å². The molecule has 0 bridgehead atoms. The molecule has 10 nitrogen and oxygen atoms in total. The van der Waals surface area contributed by atoms with Crippen molar-refractivity contribution in [2.45, 2.75) is 33.9 Å². The summed E-state index contributed by atoms with van der Waals surface area (Å²) in [6.45, 7) is 5.79. The topological polar surface area (TPSA) is 124 Å². The second-order valence-corrected chi connectivity index (χ2v) is 9.08. The Morgan fingerprint density at radius 2 is 1.91 bits per heavy atom. The van der Waals surface area contributed by atoms with E-state index in [1.165, 1.54) is 20.7 Å². The molecular weight excluding hydrogens is 466 g/mol. The van der Waals surface area contributed by atoms with Crippen molar-refractivity contribution in [3.63, 3.8) is 0 Å². The van der Waals surface area contributed by atoms with E-state index < -0.39 is 0 Å². The summed E-state index contributed by atoms with van der Waals surface area (Å²) in [5.41, 5.74) is 3.71. The smallest absolute Gasteiger partial charge is 0.277 e. The normalized spacial score (nSPS) is 10.9. The van der Waals surface area contributed by atoms with Crippen LogP contribution in [0.2, 0.25) is 0 Å². The predicted molar refractivity (Wildman–Crippen MR) is 133 cm³/mol. The van der Waals surface area contributed by atoms with Crippen LogP contribution in [-0.2, 0) is 24.9 Å². The molecule has 35 heavy (non-hydrogen) atoms. The lowest BCUT2D eigenvalue weighted by atomic mass is 10.1. The van der Waals surface area contributed by atoms with Gasteiger partial charge in [0.1, 0.15) is 16.4 Å². The first-order valence-corrected chi connectivity index (χ1v) is 11.7. The Hall–Kier alpha value is -4.12. The highest BCUT2D eigenvalue weighted by atomic mass is 32.1. The van der Waals surface area contributed by atoms with Crippen LogP contribution in [0.25, 0.3) is 10.6 Å². The van der Waals surface area contributed by atoms with Gasteiger partial charge in [-0.05, 0) is 50.1 Å². The molecule has 2 amide bonds. The molecule has 3 heterocycles. The van der Waals surface area contributed by atoms with Gasteiger partial charge in [0.25, 0.3) is 11.5 Å². The van der Waals surface area contributed by atoms with Crippen LogP contribution in [0, 0.1) is 20.8 Å². The maximum Gasteiger partial charge on any atom is 0.277 e. The zero-order chi connectivity index (χ0) is 25.1. The lowest BCUT2D eigenvalue weighted by Crippen LogP contribution is -2.23. The first-order chi connectivity index (χ1) is 16.7. The molecule has 2 N–H and O–H groups in total. The van der Waals surface area contributed by atoms with Crippen LogP contribution < -0.4 is 16.2 Å². The Balaban J connectivity index is 1.45.